The van der Waals surface area contributed by atoms with Gasteiger partial charge in [-0.3, -0.25) is 9.78 Å². The summed E-state index contributed by atoms with van der Waals surface area (Å²) in [5.41, 5.74) is 12.7. The van der Waals surface area contributed by atoms with Gasteiger partial charge < -0.3 is 11.5 Å². The van der Waals surface area contributed by atoms with Crippen LogP contribution in [0, 0.1) is 0 Å². The molecular formula is C13H10ClN5O. The van der Waals surface area contributed by atoms with Gasteiger partial charge in [0.2, 0.25) is 0 Å². The molecule has 0 saturated carbocycles. The van der Waals surface area contributed by atoms with Gasteiger partial charge in [-0.2, -0.15) is 5.10 Å². The maximum atomic E-state index is 11.2. The van der Waals surface area contributed by atoms with E-state index in [0.717, 1.165) is 5.39 Å². The number of rotatable bonds is 2. The number of carbonyl (C=O) groups excluding carboxylic acids is 1. The molecule has 2 heterocycles. The molecular weight excluding hydrogens is 278 g/mol. The van der Waals surface area contributed by atoms with Crippen LogP contribution in [0.25, 0.3) is 16.6 Å². The number of hydrogen-bond donors (Lipinski definition) is 2. The highest BCUT2D eigenvalue weighted by Gasteiger charge is 2.15. The summed E-state index contributed by atoms with van der Waals surface area (Å²) in [5, 5.41) is 5.52. The lowest BCUT2D eigenvalue weighted by Crippen LogP contribution is -2.13. The van der Waals surface area contributed by atoms with Crippen LogP contribution in [0.15, 0.2) is 36.7 Å². The number of carbonyl (C=O) groups is 1. The van der Waals surface area contributed by atoms with E-state index in [2.05, 4.69) is 10.1 Å². The lowest BCUT2D eigenvalue weighted by atomic mass is 10.2. The first-order valence-corrected chi connectivity index (χ1v) is 6.13. The number of benzene rings is 1. The Kier molecular flexibility index (Phi) is 2.80. The van der Waals surface area contributed by atoms with Crippen LogP contribution in [0.5, 0.6) is 0 Å². The van der Waals surface area contributed by atoms with Gasteiger partial charge >= 0.3 is 0 Å². The van der Waals surface area contributed by atoms with E-state index in [0.29, 0.717) is 16.2 Å². The number of nitrogen functional groups attached to an aromatic ring is 1. The van der Waals surface area contributed by atoms with E-state index in [-0.39, 0.29) is 11.4 Å². The van der Waals surface area contributed by atoms with Gasteiger partial charge in [0.05, 0.1) is 17.4 Å². The van der Waals surface area contributed by atoms with Gasteiger partial charge in [-0.15, -0.1) is 0 Å². The van der Waals surface area contributed by atoms with Gasteiger partial charge in [-0.1, -0.05) is 11.6 Å². The highest BCUT2D eigenvalue weighted by atomic mass is 35.5. The van der Waals surface area contributed by atoms with Gasteiger partial charge in [0.15, 0.2) is 0 Å². The van der Waals surface area contributed by atoms with E-state index in [1.165, 1.54) is 10.9 Å². The fourth-order valence-corrected chi connectivity index (χ4v) is 2.20. The minimum absolute atomic E-state index is 0.184. The predicted molar refractivity (Wildman–Crippen MR) is 76.8 cm³/mol. The third kappa shape index (κ3) is 1.86. The molecule has 4 N–H and O–H groups in total. The Balaban J connectivity index is 2.27. The molecule has 0 radical (unpaired) electrons. The van der Waals surface area contributed by atoms with Crippen LogP contribution in [0.4, 0.5) is 5.82 Å². The number of hydrogen-bond acceptors (Lipinski definition) is 4. The second-order valence-electron chi connectivity index (χ2n) is 4.21. The topological polar surface area (TPSA) is 99.8 Å². The third-order valence-corrected chi connectivity index (χ3v) is 3.22. The number of halogens is 1. The molecule has 6 nitrogen and oxygen atoms in total. The molecule has 2 aromatic heterocycles. The number of anilines is 1. The van der Waals surface area contributed by atoms with Gasteiger partial charge in [-0.05, 0) is 24.3 Å². The van der Waals surface area contributed by atoms with Crippen molar-refractivity contribution in [2.24, 2.45) is 5.73 Å². The first kappa shape index (κ1) is 12.4. The van der Waals surface area contributed by atoms with Crippen molar-refractivity contribution >= 4 is 34.2 Å². The van der Waals surface area contributed by atoms with Crippen LogP contribution in [0.3, 0.4) is 0 Å². The number of pyridine rings is 1. The zero-order valence-corrected chi connectivity index (χ0v) is 11.0. The monoisotopic (exact) mass is 287 g/mol. The summed E-state index contributed by atoms with van der Waals surface area (Å²) in [6.45, 7) is 0. The Morgan fingerprint density at radius 2 is 2.10 bits per heavy atom. The minimum Gasteiger partial charge on any atom is -0.383 e. The largest absolute Gasteiger partial charge is 0.383 e. The molecule has 0 atom stereocenters. The maximum absolute atomic E-state index is 11.2. The summed E-state index contributed by atoms with van der Waals surface area (Å²) in [4.78, 5) is 15.5. The molecule has 3 aromatic rings. The summed E-state index contributed by atoms with van der Waals surface area (Å²) in [7, 11) is 0. The SMILES string of the molecule is NC(=O)c1cnn(-c2ccnc3cc(Cl)ccc23)c1N. The normalized spacial score (nSPS) is 10.8. The molecule has 3 rings (SSSR count). The number of fused-ring (bicyclic) bond motifs is 1. The van der Waals surface area contributed by atoms with Crippen molar-refractivity contribution in [1.29, 1.82) is 0 Å². The fraction of sp³-hybridized carbons (Fsp3) is 0. The van der Waals surface area contributed by atoms with E-state index in [9.17, 15) is 4.79 Å². The first-order valence-electron chi connectivity index (χ1n) is 5.76. The number of nitrogens with zero attached hydrogens (tertiary/aromatic N) is 3. The average Bonchev–Trinajstić information content (AvgIpc) is 2.79. The molecule has 1 aromatic carbocycles. The van der Waals surface area contributed by atoms with E-state index in [1.54, 1.807) is 24.4 Å². The second kappa shape index (κ2) is 4.50. The number of aromatic nitrogens is 3. The molecule has 0 saturated heterocycles. The van der Waals surface area contributed by atoms with Gasteiger partial charge in [0, 0.05) is 16.6 Å². The van der Waals surface area contributed by atoms with Crippen LogP contribution in [-0.2, 0) is 0 Å². The Bertz CT molecular complexity index is 827. The van der Waals surface area contributed by atoms with E-state index < -0.39 is 5.91 Å². The molecule has 7 heteroatoms. The van der Waals surface area contributed by atoms with Crippen molar-refractivity contribution < 1.29 is 4.79 Å². The molecule has 0 spiro atoms. The zero-order chi connectivity index (χ0) is 14.3. The van der Waals surface area contributed by atoms with Gasteiger partial charge in [-0.25, -0.2) is 4.68 Å². The van der Waals surface area contributed by atoms with Crippen molar-refractivity contribution in [1.82, 2.24) is 14.8 Å². The second-order valence-corrected chi connectivity index (χ2v) is 4.65. The fourth-order valence-electron chi connectivity index (χ4n) is 2.03. The highest BCUT2D eigenvalue weighted by molar-refractivity contribution is 6.31. The average molecular weight is 288 g/mol. The van der Waals surface area contributed by atoms with E-state index in [1.807, 2.05) is 6.07 Å². The smallest absolute Gasteiger partial charge is 0.254 e. The Morgan fingerprint density at radius 1 is 1.30 bits per heavy atom. The summed E-state index contributed by atoms with van der Waals surface area (Å²) in [6, 6.07) is 7.08. The number of nitrogens with two attached hydrogens (primary N) is 2. The zero-order valence-electron chi connectivity index (χ0n) is 10.2. The maximum Gasteiger partial charge on any atom is 0.254 e. The van der Waals surface area contributed by atoms with Crippen LogP contribution >= 0.6 is 11.6 Å². The van der Waals surface area contributed by atoms with Crippen molar-refractivity contribution in [2.45, 2.75) is 0 Å². The molecule has 0 aliphatic heterocycles. The molecule has 100 valence electrons. The van der Waals surface area contributed by atoms with Crippen LogP contribution in [-0.4, -0.2) is 20.7 Å². The molecule has 20 heavy (non-hydrogen) atoms. The molecule has 0 aliphatic rings. The Hall–Kier alpha value is -2.60. The first-order chi connectivity index (χ1) is 9.58. The van der Waals surface area contributed by atoms with Crippen LogP contribution < -0.4 is 11.5 Å². The lowest BCUT2D eigenvalue weighted by molar-refractivity contribution is 0.100. The lowest BCUT2D eigenvalue weighted by Gasteiger charge is -2.08. The van der Waals surface area contributed by atoms with Crippen LogP contribution in [0.2, 0.25) is 5.02 Å². The Labute approximate surface area is 119 Å². The Morgan fingerprint density at radius 3 is 2.80 bits per heavy atom. The van der Waals surface area contributed by atoms with Crippen molar-refractivity contribution in [3.8, 4) is 5.69 Å². The third-order valence-electron chi connectivity index (χ3n) is 2.98. The summed E-state index contributed by atoms with van der Waals surface area (Å²) in [5.74, 6) is -0.421. The minimum atomic E-state index is -0.616. The van der Waals surface area contributed by atoms with Gasteiger partial charge in [0.1, 0.15) is 11.4 Å². The number of amides is 1. The molecule has 0 bridgehead atoms. The van der Waals surface area contributed by atoms with Crippen molar-refractivity contribution in [3.05, 3.63) is 47.2 Å². The van der Waals surface area contributed by atoms with Crippen molar-refractivity contribution in [2.75, 3.05) is 5.73 Å². The summed E-state index contributed by atoms with van der Waals surface area (Å²) in [6.07, 6.45) is 2.97. The summed E-state index contributed by atoms with van der Waals surface area (Å²) < 4.78 is 1.46. The van der Waals surface area contributed by atoms with E-state index >= 15 is 0 Å². The standard InChI is InChI=1S/C13H10ClN5O/c14-7-1-2-8-10(5-7)17-4-3-11(8)19-12(15)9(6-18-19)13(16)20/h1-6H,15H2,(H2,16,20). The highest BCUT2D eigenvalue weighted by Crippen LogP contribution is 2.25. The summed E-state index contributed by atoms with van der Waals surface area (Å²) >= 11 is 5.95. The van der Waals surface area contributed by atoms with E-state index in [4.69, 9.17) is 23.1 Å². The quantitative estimate of drug-likeness (QED) is 0.750. The molecule has 0 unspecified atom stereocenters. The predicted octanol–water partition coefficient (Wildman–Crippen LogP) is 1.75. The van der Waals surface area contributed by atoms with Gasteiger partial charge in [0.25, 0.3) is 5.91 Å². The van der Waals surface area contributed by atoms with Crippen LogP contribution in [0.1, 0.15) is 10.4 Å². The molecule has 0 fully saturated rings. The number of primary amides is 1. The van der Waals surface area contributed by atoms with Crippen molar-refractivity contribution in [3.63, 3.8) is 0 Å². The molecule has 1 amide bonds. The molecule has 0 aliphatic carbocycles.